The molecule has 1 aromatic heterocycles. The lowest BCUT2D eigenvalue weighted by atomic mass is 9.78. The monoisotopic (exact) mass is 1270 g/mol. The molecule has 5 heteroatoms. The van der Waals surface area contributed by atoms with E-state index in [-0.39, 0.29) is 40.7 Å². The summed E-state index contributed by atoms with van der Waals surface area (Å²) in [4.78, 5) is 14.3. The van der Waals surface area contributed by atoms with E-state index in [4.69, 9.17) is 13.2 Å². The zero-order valence-corrected chi connectivity index (χ0v) is 55.7. The summed E-state index contributed by atoms with van der Waals surface area (Å²) in [6.07, 6.45) is 1.71. The van der Waals surface area contributed by atoms with Gasteiger partial charge in [-0.05, 0) is 168 Å². The van der Waals surface area contributed by atoms with Crippen molar-refractivity contribution in [2.45, 2.75) is 59.2 Å². The van der Waals surface area contributed by atoms with E-state index in [1.807, 2.05) is 91.0 Å². The average Bonchev–Trinajstić information content (AvgIpc) is 1.64. The largest absolute Gasteiger partial charge is 0.321 e. The van der Waals surface area contributed by atoms with Gasteiger partial charge in [0.2, 0.25) is 0 Å². The van der Waals surface area contributed by atoms with Gasteiger partial charge in [0.25, 0.3) is 0 Å². The van der Waals surface area contributed by atoms with Gasteiger partial charge in [-0.25, -0.2) is 4.98 Å². The van der Waals surface area contributed by atoms with Gasteiger partial charge in [0, 0.05) is 60.9 Å². The Kier molecular flexibility index (Phi) is 13.4. The third-order valence-corrected chi connectivity index (χ3v) is 19.1. The van der Waals surface area contributed by atoms with Gasteiger partial charge < -0.3 is 14.7 Å². The minimum Gasteiger partial charge on any atom is -0.321 e. The number of fused-ring (bicyclic) bond motifs is 6. The Morgan fingerprint density at radius 1 is 0.347 bits per heavy atom. The first-order valence-electron chi connectivity index (χ1n) is 37.5. The highest BCUT2D eigenvalue weighted by atomic mass is 15.4. The number of aryl methyl sites for hydroxylation is 1. The van der Waals surface area contributed by atoms with Crippen molar-refractivity contribution in [1.82, 2.24) is 4.98 Å². The molecule has 0 spiro atoms. The Morgan fingerprint density at radius 2 is 0.898 bits per heavy atom. The molecule has 0 fully saturated rings. The van der Waals surface area contributed by atoms with Gasteiger partial charge in [-0.15, -0.1) is 0 Å². The Morgan fingerprint density at radius 3 is 1.52 bits per heavy atom. The van der Waals surface area contributed by atoms with Crippen LogP contribution in [0.1, 0.15) is 69.2 Å². The predicted octanol–water partition coefficient (Wildman–Crippen LogP) is 25.8. The lowest BCUT2D eigenvalue weighted by molar-refractivity contribution is 0.569. The van der Waals surface area contributed by atoms with E-state index in [1.54, 1.807) is 12.3 Å². The van der Waals surface area contributed by atoms with Gasteiger partial charge in [-0.3, -0.25) is 4.90 Å². The summed E-state index contributed by atoms with van der Waals surface area (Å²) in [6.45, 7) is 11.1. The van der Waals surface area contributed by atoms with E-state index < -0.39 is 25.0 Å². The molecule has 2 aliphatic heterocycles. The molecule has 3 heterocycles. The number of anilines is 10. The Balaban J connectivity index is 0.941. The van der Waals surface area contributed by atoms with Gasteiger partial charge >= 0.3 is 0 Å². The fraction of sp³-hybridized carbons (Fsp3) is 0.108. The first-order valence-corrected chi connectivity index (χ1v) is 33.5. The summed E-state index contributed by atoms with van der Waals surface area (Å²) in [7, 11) is 0. The predicted molar refractivity (Wildman–Crippen MR) is 415 cm³/mol. The molecule has 0 amide bonds. The number of rotatable bonds is 12. The molecule has 16 rings (SSSR count). The number of para-hydroxylation sites is 2. The van der Waals surface area contributed by atoms with Crippen molar-refractivity contribution >= 4 is 57.0 Å². The minimum absolute atomic E-state index is 0.109. The van der Waals surface area contributed by atoms with Crippen molar-refractivity contribution < 1.29 is 11.0 Å². The molecule has 0 saturated carbocycles. The highest BCUT2D eigenvalue weighted by Crippen LogP contribution is 2.56. The highest BCUT2D eigenvalue weighted by molar-refractivity contribution is 6.05. The van der Waals surface area contributed by atoms with Gasteiger partial charge in [-0.2, -0.15) is 0 Å². The molecule has 0 N–H and O–H groups in total. The van der Waals surface area contributed by atoms with Gasteiger partial charge in [0.05, 0.1) is 35.3 Å². The van der Waals surface area contributed by atoms with E-state index in [9.17, 15) is 2.74 Å². The first kappa shape index (κ1) is 52.5. The van der Waals surface area contributed by atoms with Crippen molar-refractivity contribution in [3.05, 3.63) is 344 Å². The van der Waals surface area contributed by atoms with Crippen LogP contribution in [-0.2, 0) is 10.8 Å². The molecule has 13 aromatic carbocycles. The van der Waals surface area contributed by atoms with Gasteiger partial charge in [0.1, 0.15) is 12.5 Å². The number of hydrogen-bond acceptors (Lipinski definition) is 5. The number of benzene rings is 13. The third-order valence-electron chi connectivity index (χ3n) is 19.1. The van der Waals surface area contributed by atoms with E-state index in [1.165, 1.54) is 0 Å². The number of aromatic nitrogens is 1. The maximum atomic E-state index is 9.68. The number of pyridine rings is 1. The Bertz CT molecular complexity index is 5660. The van der Waals surface area contributed by atoms with Crippen molar-refractivity contribution in [1.29, 1.82) is 0 Å². The summed E-state index contributed by atoms with van der Waals surface area (Å²) in [5.74, 6) is 0.436. The molecular weight excluding hydrogens is 1190 g/mol. The van der Waals surface area contributed by atoms with Crippen LogP contribution in [0, 0.1) is 6.85 Å². The topological polar surface area (TPSA) is 25.9 Å². The zero-order chi connectivity index (χ0) is 73.5. The molecule has 0 radical (unpaired) electrons. The number of nitrogens with zero attached hydrogens (tertiary/aromatic N) is 5. The second-order valence-corrected chi connectivity index (χ2v) is 27.5. The van der Waals surface area contributed by atoms with Crippen molar-refractivity contribution in [3.8, 4) is 89.0 Å². The molecule has 0 saturated heterocycles. The van der Waals surface area contributed by atoms with Crippen LogP contribution in [-0.4, -0.2) is 11.7 Å². The van der Waals surface area contributed by atoms with Crippen molar-refractivity contribution in [3.63, 3.8) is 0 Å². The summed E-state index contributed by atoms with van der Waals surface area (Å²) in [6, 6.07) is 98.6. The van der Waals surface area contributed by atoms with E-state index in [0.29, 0.717) is 22.6 Å². The minimum atomic E-state index is -2.52. The SMILES string of the molecule is [2H]c1c([2H])c([2H])c(-c2cccc(-c3cc(C(C)(C)C)cc(C(C)(C)C)c3)c2N2CN(c3cc(-c4ccccc4)cc(N(c4ccccc4)c4ccc5c(c4)N(c4cc(C([2H])([2H])[2H])c(-c6ccccc6)cn4)c4ccc(-c6ccccc6)cc4-c4ccccc4-5)c3)c3ccc(-c4ccccc4)cc32)c([2H])c1[2H]. The lowest BCUT2D eigenvalue weighted by Crippen LogP contribution is -2.25. The smallest absolute Gasteiger partial charge is 0.137 e. The van der Waals surface area contributed by atoms with Crippen molar-refractivity contribution in [2.24, 2.45) is 0 Å². The van der Waals surface area contributed by atoms with Crippen LogP contribution in [0.5, 0.6) is 0 Å². The molecule has 14 aromatic rings. The third kappa shape index (κ3) is 11.5. The molecule has 0 unspecified atom stereocenters. The molecular formula is C93H77N5. The number of hydrogen-bond donors (Lipinski definition) is 0. The lowest BCUT2D eigenvalue weighted by Gasteiger charge is -2.31. The summed E-state index contributed by atoms with van der Waals surface area (Å²) in [5.41, 5.74) is 22.9. The van der Waals surface area contributed by atoms with Gasteiger partial charge in [-0.1, -0.05) is 290 Å². The van der Waals surface area contributed by atoms with E-state index in [2.05, 4.69) is 255 Å². The highest BCUT2D eigenvalue weighted by Gasteiger charge is 2.35. The van der Waals surface area contributed by atoms with Crippen LogP contribution in [0.2, 0.25) is 0 Å². The molecule has 0 bridgehead atoms. The maximum Gasteiger partial charge on any atom is 0.137 e. The summed E-state index contributed by atoms with van der Waals surface area (Å²) < 4.78 is 73.8. The molecule has 98 heavy (non-hydrogen) atoms. The second-order valence-electron chi connectivity index (χ2n) is 27.5. The Labute approximate surface area is 588 Å². The molecule has 0 atom stereocenters. The van der Waals surface area contributed by atoms with Crippen LogP contribution < -0.4 is 19.6 Å². The van der Waals surface area contributed by atoms with Crippen LogP contribution >= 0.6 is 0 Å². The molecule has 0 aliphatic carbocycles. The normalized spacial score (nSPS) is 13.8. The van der Waals surface area contributed by atoms with Crippen LogP contribution in [0.3, 0.4) is 0 Å². The van der Waals surface area contributed by atoms with Crippen LogP contribution in [0.15, 0.2) is 328 Å². The molecule has 474 valence electrons. The maximum absolute atomic E-state index is 9.68. The standard InChI is InChI=1S/C93H77N5/c1-63-51-90(94-61-85(63)68-37-22-12-23-38-68)98-86-49-45-69(64-29-14-8-15-30-64)56-84(86)82-42-27-26-41-81(82)83-48-47-76(60-88(83)98)97(75-39-24-13-25-40-75)78-55-71(66-33-18-10-19-34-66)54-77(59-78)95-62-96(89-57-70(46-50-87(89)95)65-31-16-9-17-32-65)91-79(67-35-20-11-21-36-67)43-28-44-80(91)72-52-73(92(2,3)4)58-74(53-72)93(5,6)7/h8-61H,62H2,1-7H3/i1D3,11D,20D,21D,35D,36D. The summed E-state index contributed by atoms with van der Waals surface area (Å²) in [5, 5.41) is 0. The first-order chi connectivity index (χ1) is 51.0. The fourth-order valence-electron chi connectivity index (χ4n) is 14.1. The summed E-state index contributed by atoms with van der Waals surface area (Å²) >= 11 is 0. The van der Waals surface area contributed by atoms with Crippen LogP contribution in [0.4, 0.5) is 57.0 Å². The van der Waals surface area contributed by atoms with Crippen molar-refractivity contribution in [2.75, 3.05) is 26.3 Å². The molecule has 5 nitrogen and oxygen atoms in total. The van der Waals surface area contributed by atoms with Crippen LogP contribution in [0.25, 0.3) is 89.0 Å². The van der Waals surface area contributed by atoms with E-state index >= 15 is 0 Å². The zero-order valence-electron chi connectivity index (χ0n) is 63.7. The Hall–Kier alpha value is -11.8. The second kappa shape index (κ2) is 25.1. The molecule has 2 aliphatic rings. The fourth-order valence-corrected chi connectivity index (χ4v) is 14.1. The average molecular weight is 1270 g/mol. The van der Waals surface area contributed by atoms with E-state index in [0.717, 1.165) is 129 Å². The quantitative estimate of drug-likeness (QED) is 0.121. The van der Waals surface area contributed by atoms with Gasteiger partial charge in [0.15, 0.2) is 0 Å².